The summed E-state index contributed by atoms with van der Waals surface area (Å²) in [6.45, 7) is 10.1. The van der Waals surface area contributed by atoms with Gasteiger partial charge in [-0.05, 0) is 46.1 Å². The van der Waals surface area contributed by atoms with Gasteiger partial charge in [-0.1, -0.05) is 58.1 Å². The third-order valence-corrected chi connectivity index (χ3v) is 3.47. The van der Waals surface area contributed by atoms with Crippen molar-refractivity contribution in [2.45, 2.75) is 91.0 Å². The fraction of sp³-hybridized carbons (Fsp3) is 0.882. The molecule has 1 heteroatoms. The summed E-state index contributed by atoms with van der Waals surface area (Å²) in [6, 6.07) is 0. The molecule has 0 aromatic rings. The second-order valence-electron chi connectivity index (χ2n) is 5.98. The molecule has 0 saturated heterocycles. The molecule has 0 radical (unpaired) electrons. The Kier molecular flexibility index (Phi) is 11.6. The third-order valence-electron chi connectivity index (χ3n) is 3.47. The van der Waals surface area contributed by atoms with Crippen LogP contribution in [0.3, 0.4) is 0 Å². The summed E-state index contributed by atoms with van der Waals surface area (Å²) < 4.78 is 0. The van der Waals surface area contributed by atoms with Crippen molar-refractivity contribution in [2.24, 2.45) is 0 Å². The monoisotopic (exact) mass is 253 g/mol. The molecule has 18 heavy (non-hydrogen) atoms. The van der Waals surface area contributed by atoms with Gasteiger partial charge in [0.1, 0.15) is 0 Å². The van der Waals surface area contributed by atoms with Gasteiger partial charge in [-0.2, -0.15) is 0 Å². The molecule has 0 aliphatic rings. The zero-order chi connectivity index (χ0) is 13.7. The zero-order valence-corrected chi connectivity index (χ0v) is 13.2. The lowest BCUT2D eigenvalue weighted by Gasteiger charge is -2.25. The molecule has 0 fully saturated rings. The van der Waals surface area contributed by atoms with E-state index >= 15 is 0 Å². The SMILES string of the molecule is CCCC/C=C/CCCCCCC(C)(C)NCC. The molecule has 0 aromatic heterocycles. The maximum absolute atomic E-state index is 3.54. The van der Waals surface area contributed by atoms with Gasteiger partial charge in [-0.3, -0.25) is 0 Å². The Labute approximate surface area is 115 Å². The molecule has 1 N–H and O–H groups in total. The fourth-order valence-corrected chi connectivity index (χ4v) is 2.31. The minimum absolute atomic E-state index is 0.328. The van der Waals surface area contributed by atoms with Crippen molar-refractivity contribution >= 4 is 0 Å². The standard InChI is InChI=1S/C17H35N/c1-5-7-8-9-10-11-12-13-14-15-16-17(3,4)18-6-2/h9-10,18H,5-8,11-16H2,1-4H3/b10-9+. The Bertz CT molecular complexity index is 194. The first kappa shape index (κ1) is 17.7. The second kappa shape index (κ2) is 11.8. The molecule has 0 unspecified atom stereocenters. The Morgan fingerprint density at radius 1 is 0.833 bits per heavy atom. The summed E-state index contributed by atoms with van der Waals surface area (Å²) >= 11 is 0. The van der Waals surface area contributed by atoms with Crippen LogP contribution >= 0.6 is 0 Å². The first-order chi connectivity index (χ1) is 8.62. The zero-order valence-electron chi connectivity index (χ0n) is 13.2. The topological polar surface area (TPSA) is 12.0 Å². The average Bonchev–Trinajstić information content (AvgIpc) is 2.31. The van der Waals surface area contributed by atoms with Gasteiger partial charge in [0.15, 0.2) is 0 Å². The van der Waals surface area contributed by atoms with Gasteiger partial charge in [-0.15, -0.1) is 0 Å². The molecule has 0 heterocycles. The number of hydrogen-bond donors (Lipinski definition) is 1. The van der Waals surface area contributed by atoms with Crippen molar-refractivity contribution < 1.29 is 0 Å². The minimum atomic E-state index is 0.328. The van der Waals surface area contributed by atoms with Crippen LogP contribution in [0.25, 0.3) is 0 Å². The highest BCUT2D eigenvalue weighted by Gasteiger charge is 2.14. The van der Waals surface area contributed by atoms with Crippen molar-refractivity contribution in [3.05, 3.63) is 12.2 Å². The summed E-state index contributed by atoms with van der Waals surface area (Å²) in [6.07, 6.45) is 16.7. The van der Waals surface area contributed by atoms with Gasteiger partial charge >= 0.3 is 0 Å². The van der Waals surface area contributed by atoms with E-state index in [9.17, 15) is 0 Å². The molecule has 108 valence electrons. The van der Waals surface area contributed by atoms with Gasteiger partial charge in [0, 0.05) is 5.54 Å². The van der Waals surface area contributed by atoms with Crippen LogP contribution in [0.15, 0.2) is 12.2 Å². The Hall–Kier alpha value is -0.300. The van der Waals surface area contributed by atoms with Gasteiger partial charge in [-0.25, -0.2) is 0 Å². The lowest BCUT2D eigenvalue weighted by Crippen LogP contribution is -2.38. The van der Waals surface area contributed by atoms with Gasteiger partial charge in [0.25, 0.3) is 0 Å². The van der Waals surface area contributed by atoms with E-state index in [4.69, 9.17) is 0 Å². The van der Waals surface area contributed by atoms with E-state index in [2.05, 4.69) is 45.2 Å². The summed E-state index contributed by atoms with van der Waals surface area (Å²) in [7, 11) is 0. The van der Waals surface area contributed by atoms with Crippen molar-refractivity contribution in [1.82, 2.24) is 5.32 Å². The maximum Gasteiger partial charge on any atom is 0.0125 e. The summed E-state index contributed by atoms with van der Waals surface area (Å²) in [5.74, 6) is 0. The number of unbranched alkanes of at least 4 members (excludes halogenated alkanes) is 6. The molecule has 0 aliphatic heterocycles. The molecular weight excluding hydrogens is 218 g/mol. The largest absolute Gasteiger partial charge is 0.312 e. The highest BCUT2D eigenvalue weighted by Crippen LogP contribution is 2.15. The van der Waals surface area contributed by atoms with E-state index in [0.717, 1.165) is 6.54 Å². The van der Waals surface area contributed by atoms with Crippen molar-refractivity contribution in [3.8, 4) is 0 Å². The normalized spacial score (nSPS) is 12.4. The first-order valence-electron chi connectivity index (χ1n) is 8.02. The van der Waals surface area contributed by atoms with Crippen LogP contribution in [-0.4, -0.2) is 12.1 Å². The molecule has 0 saturated carbocycles. The molecule has 0 bridgehead atoms. The van der Waals surface area contributed by atoms with Gasteiger partial charge < -0.3 is 5.32 Å². The lowest BCUT2D eigenvalue weighted by molar-refractivity contribution is 0.355. The fourth-order valence-electron chi connectivity index (χ4n) is 2.31. The van der Waals surface area contributed by atoms with Crippen LogP contribution < -0.4 is 5.32 Å². The van der Waals surface area contributed by atoms with Crippen LogP contribution in [0.5, 0.6) is 0 Å². The highest BCUT2D eigenvalue weighted by molar-refractivity contribution is 4.81. The summed E-state index contributed by atoms with van der Waals surface area (Å²) in [4.78, 5) is 0. The molecule has 0 rings (SSSR count). The van der Waals surface area contributed by atoms with Crippen molar-refractivity contribution in [1.29, 1.82) is 0 Å². The Balaban J connectivity index is 3.28. The minimum Gasteiger partial charge on any atom is -0.312 e. The number of rotatable bonds is 12. The van der Waals surface area contributed by atoms with E-state index in [1.165, 1.54) is 57.8 Å². The quantitative estimate of drug-likeness (QED) is 0.359. The van der Waals surface area contributed by atoms with E-state index in [1.54, 1.807) is 0 Å². The highest BCUT2D eigenvalue weighted by atomic mass is 14.9. The maximum atomic E-state index is 3.54. The molecule has 0 spiro atoms. The predicted molar refractivity (Wildman–Crippen MR) is 84.1 cm³/mol. The summed E-state index contributed by atoms with van der Waals surface area (Å²) in [5.41, 5.74) is 0.328. The lowest BCUT2D eigenvalue weighted by atomic mass is 9.96. The number of nitrogens with one attached hydrogen (secondary N) is 1. The van der Waals surface area contributed by atoms with Crippen LogP contribution in [0.4, 0.5) is 0 Å². The molecule has 0 aliphatic carbocycles. The van der Waals surface area contributed by atoms with Crippen LogP contribution in [0.2, 0.25) is 0 Å². The second-order valence-corrected chi connectivity index (χ2v) is 5.98. The van der Waals surface area contributed by atoms with E-state index < -0.39 is 0 Å². The predicted octanol–water partition coefficient (Wildman–Crippen LogP) is 5.46. The summed E-state index contributed by atoms with van der Waals surface area (Å²) in [5, 5.41) is 3.54. The molecular formula is C17H35N. The molecule has 0 amide bonds. The molecule has 0 atom stereocenters. The van der Waals surface area contributed by atoms with E-state index in [0.29, 0.717) is 5.54 Å². The van der Waals surface area contributed by atoms with E-state index in [1.807, 2.05) is 0 Å². The smallest absolute Gasteiger partial charge is 0.0125 e. The molecule has 0 aromatic carbocycles. The van der Waals surface area contributed by atoms with Crippen LogP contribution in [0, 0.1) is 0 Å². The number of hydrogen-bond acceptors (Lipinski definition) is 1. The van der Waals surface area contributed by atoms with Crippen molar-refractivity contribution in [2.75, 3.05) is 6.54 Å². The van der Waals surface area contributed by atoms with Crippen LogP contribution in [0.1, 0.15) is 85.5 Å². The Morgan fingerprint density at radius 2 is 1.44 bits per heavy atom. The van der Waals surface area contributed by atoms with Gasteiger partial charge in [0.2, 0.25) is 0 Å². The van der Waals surface area contributed by atoms with Gasteiger partial charge in [0.05, 0.1) is 0 Å². The van der Waals surface area contributed by atoms with Crippen molar-refractivity contribution in [3.63, 3.8) is 0 Å². The number of allylic oxidation sites excluding steroid dienone is 2. The Morgan fingerprint density at radius 3 is 2.06 bits per heavy atom. The third kappa shape index (κ3) is 12.2. The van der Waals surface area contributed by atoms with E-state index in [-0.39, 0.29) is 0 Å². The average molecular weight is 253 g/mol. The van der Waals surface area contributed by atoms with Crippen LogP contribution in [-0.2, 0) is 0 Å². The molecule has 1 nitrogen and oxygen atoms in total. The first-order valence-corrected chi connectivity index (χ1v) is 8.02.